The maximum atomic E-state index is 12.7. The maximum Gasteiger partial charge on any atom is 0.275 e. The van der Waals surface area contributed by atoms with Crippen LogP contribution in [0, 0.1) is 0 Å². The summed E-state index contributed by atoms with van der Waals surface area (Å²) in [5.74, 6) is -2.28. The van der Waals surface area contributed by atoms with Crippen LogP contribution in [0.1, 0.15) is 10.4 Å². The highest BCUT2D eigenvalue weighted by atomic mass is 16.5. The molecule has 9 nitrogen and oxygen atoms in total. The molecule has 1 atom stereocenters. The number of rotatable bonds is 8. The fraction of sp³-hybridized carbons (Fsp3) is 0.250. The summed E-state index contributed by atoms with van der Waals surface area (Å²) in [4.78, 5) is 37.3. The molecule has 9 heteroatoms. The Morgan fingerprint density at radius 2 is 1.52 bits per heavy atom. The first-order chi connectivity index (χ1) is 13.9. The van der Waals surface area contributed by atoms with Gasteiger partial charge in [0, 0.05) is 31.9 Å². The minimum absolute atomic E-state index is 0.0480. The van der Waals surface area contributed by atoms with Crippen LogP contribution in [-0.2, 0) is 9.59 Å². The molecule has 0 saturated heterocycles. The second-order valence-corrected chi connectivity index (χ2v) is 6.21. The number of benzene rings is 2. The number of nitrogens with zero attached hydrogens (tertiary/aromatic N) is 1. The Morgan fingerprint density at radius 1 is 0.966 bits per heavy atom. The Morgan fingerprint density at radius 3 is 2.00 bits per heavy atom. The first-order valence-electron chi connectivity index (χ1n) is 8.90. The van der Waals surface area contributed by atoms with Gasteiger partial charge >= 0.3 is 0 Å². The van der Waals surface area contributed by atoms with Crippen LogP contribution < -0.4 is 16.1 Å². The van der Waals surface area contributed by atoms with E-state index >= 15 is 0 Å². The predicted octanol–water partition coefficient (Wildman–Crippen LogP) is 0.450. The Bertz CT molecular complexity index is 836. The average Bonchev–Trinajstić information content (AvgIpc) is 2.77. The zero-order chi connectivity index (χ0) is 21.4. The van der Waals surface area contributed by atoms with Crippen LogP contribution in [-0.4, -0.2) is 66.2 Å². The number of hydrogen-bond donors (Lipinski definition) is 5. The number of carbonyl (C=O) groups is 3. The number of carbonyl (C=O) groups excluding carboxylic acids is 3. The molecule has 0 aromatic heterocycles. The molecule has 0 aliphatic rings. The highest BCUT2D eigenvalue weighted by Crippen LogP contribution is 2.22. The van der Waals surface area contributed by atoms with Crippen LogP contribution in [0.2, 0.25) is 0 Å². The Hall–Kier alpha value is -3.43. The third kappa shape index (κ3) is 5.31. The van der Waals surface area contributed by atoms with Gasteiger partial charge < -0.3 is 20.6 Å². The van der Waals surface area contributed by atoms with E-state index in [1.54, 1.807) is 24.3 Å². The molecule has 0 saturated carbocycles. The third-order valence-electron chi connectivity index (χ3n) is 4.35. The van der Waals surface area contributed by atoms with Crippen molar-refractivity contribution >= 4 is 23.4 Å². The molecular weight excluding hydrogens is 376 g/mol. The smallest absolute Gasteiger partial charge is 0.275 e. The number of aliphatic hydroxyl groups excluding tert-OH is 1. The van der Waals surface area contributed by atoms with Crippen LogP contribution in [0.3, 0.4) is 0 Å². The molecule has 5 N–H and O–H groups in total. The van der Waals surface area contributed by atoms with Crippen molar-refractivity contribution in [1.29, 1.82) is 0 Å². The fourth-order valence-corrected chi connectivity index (χ4v) is 2.78. The third-order valence-corrected chi connectivity index (χ3v) is 4.35. The summed E-state index contributed by atoms with van der Waals surface area (Å²) in [7, 11) is 2.64. The van der Waals surface area contributed by atoms with Gasteiger partial charge in [0.2, 0.25) is 0 Å². The number of hydrogen-bond acceptors (Lipinski definition) is 6. The molecule has 2 aromatic rings. The van der Waals surface area contributed by atoms with E-state index in [4.69, 9.17) is 10.3 Å². The summed E-state index contributed by atoms with van der Waals surface area (Å²) >= 11 is 0. The van der Waals surface area contributed by atoms with Crippen molar-refractivity contribution in [1.82, 2.24) is 15.7 Å². The fourth-order valence-electron chi connectivity index (χ4n) is 2.78. The van der Waals surface area contributed by atoms with E-state index in [2.05, 4.69) is 10.6 Å². The lowest BCUT2D eigenvalue weighted by Gasteiger charge is -2.25. The van der Waals surface area contributed by atoms with Crippen LogP contribution >= 0.6 is 0 Å². The predicted molar refractivity (Wildman–Crippen MR) is 107 cm³/mol. The number of anilines is 1. The Kier molecular flexibility index (Phi) is 7.70. The van der Waals surface area contributed by atoms with Crippen molar-refractivity contribution in [3.63, 3.8) is 0 Å². The molecule has 29 heavy (non-hydrogen) atoms. The molecule has 2 rings (SSSR count). The number of likely N-dealkylation sites (N-methyl/N-ethyl adjacent to an activating group) is 2. The Balaban J connectivity index is 2.17. The van der Waals surface area contributed by atoms with Gasteiger partial charge in [-0.3, -0.25) is 19.6 Å². The van der Waals surface area contributed by atoms with Gasteiger partial charge in [-0.2, -0.15) is 0 Å². The van der Waals surface area contributed by atoms with Crippen molar-refractivity contribution in [3.05, 3.63) is 54.1 Å². The molecule has 0 fully saturated rings. The highest BCUT2D eigenvalue weighted by Gasteiger charge is 2.33. The summed E-state index contributed by atoms with van der Waals surface area (Å²) < 4.78 is 0. The zero-order valence-electron chi connectivity index (χ0n) is 16.2. The first kappa shape index (κ1) is 21.9. The van der Waals surface area contributed by atoms with E-state index in [1.807, 2.05) is 24.3 Å². The molecule has 0 heterocycles. The first-order valence-corrected chi connectivity index (χ1v) is 8.90. The number of hydroxylamine groups is 1. The van der Waals surface area contributed by atoms with E-state index in [-0.39, 0.29) is 12.2 Å². The quantitative estimate of drug-likeness (QED) is 0.248. The van der Waals surface area contributed by atoms with Gasteiger partial charge in [-0.1, -0.05) is 24.3 Å². The van der Waals surface area contributed by atoms with E-state index < -0.39 is 23.8 Å². The van der Waals surface area contributed by atoms with Crippen molar-refractivity contribution in [2.24, 2.45) is 0 Å². The van der Waals surface area contributed by atoms with Gasteiger partial charge in [-0.15, -0.1) is 0 Å². The van der Waals surface area contributed by atoms with E-state index in [1.165, 1.54) is 19.6 Å². The van der Waals surface area contributed by atoms with Gasteiger partial charge in [0.05, 0.1) is 6.61 Å². The SMILES string of the molecule is CNC(=O)C(C(=O)NO)N(C)C(=O)c1ccc(-c2ccc(NCCO)cc2)cc1. The van der Waals surface area contributed by atoms with Crippen LogP contribution in [0.4, 0.5) is 5.69 Å². The molecule has 0 aliphatic heterocycles. The van der Waals surface area contributed by atoms with Gasteiger partial charge in [0.15, 0.2) is 6.04 Å². The lowest BCUT2D eigenvalue weighted by atomic mass is 10.0. The monoisotopic (exact) mass is 400 g/mol. The molecule has 154 valence electrons. The summed E-state index contributed by atoms with van der Waals surface area (Å²) in [5, 5.41) is 23.0. The highest BCUT2D eigenvalue weighted by molar-refractivity contribution is 6.08. The standard InChI is InChI=1S/C20H24N4O5/c1-21-18(26)17(19(27)23-29)24(2)20(28)15-5-3-13(4-6-15)14-7-9-16(10-8-14)22-11-12-25/h3-10,17,22,25,29H,11-12H2,1-2H3,(H,21,26)(H,23,27). The number of aliphatic hydroxyl groups is 1. The van der Waals surface area contributed by atoms with Crippen LogP contribution in [0.5, 0.6) is 0 Å². The van der Waals surface area contributed by atoms with Crippen molar-refractivity contribution in [3.8, 4) is 11.1 Å². The van der Waals surface area contributed by atoms with Gasteiger partial charge in [0.25, 0.3) is 17.7 Å². The number of nitrogens with one attached hydrogen (secondary N) is 3. The van der Waals surface area contributed by atoms with E-state index in [0.717, 1.165) is 21.7 Å². The van der Waals surface area contributed by atoms with Gasteiger partial charge in [0.1, 0.15) is 0 Å². The van der Waals surface area contributed by atoms with Gasteiger partial charge in [-0.25, -0.2) is 5.48 Å². The largest absolute Gasteiger partial charge is 0.395 e. The molecule has 0 radical (unpaired) electrons. The second-order valence-electron chi connectivity index (χ2n) is 6.21. The molecule has 0 aliphatic carbocycles. The summed E-state index contributed by atoms with van der Waals surface area (Å²) in [6.07, 6.45) is 0. The Labute approximate surface area is 168 Å². The van der Waals surface area contributed by atoms with Crippen molar-refractivity contribution < 1.29 is 24.7 Å². The van der Waals surface area contributed by atoms with Crippen molar-refractivity contribution in [2.75, 3.05) is 32.6 Å². The summed E-state index contributed by atoms with van der Waals surface area (Å²) in [6, 6.07) is 12.8. The summed E-state index contributed by atoms with van der Waals surface area (Å²) in [5.41, 5.74) is 4.40. The minimum Gasteiger partial charge on any atom is -0.395 e. The minimum atomic E-state index is -1.50. The molecule has 3 amide bonds. The molecule has 2 aromatic carbocycles. The maximum absolute atomic E-state index is 12.7. The van der Waals surface area contributed by atoms with E-state index in [0.29, 0.717) is 6.54 Å². The summed E-state index contributed by atoms with van der Waals surface area (Å²) in [6.45, 7) is 0.515. The normalized spacial score (nSPS) is 11.3. The molecule has 0 bridgehead atoms. The molecule has 1 unspecified atom stereocenters. The zero-order valence-corrected chi connectivity index (χ0v) is 16.2. The van der Waals surface area contributed by atoms with Crippen LogP contribution in [0.25, 0.3) is 11.1 Å². The molecular formula is C20H24N4O5. The topological polar surface area (TPSA) is 131 Å². The second kappa shape index (κ2) is 10.2. The lowest BCUT2D eigenvalue weighted by Crippen LogP contribution is -2.54. The lowest BCUT2D eigenvalue weighted by molar-refractivity contribution is -0.140. The average molecular weight is 400 g/mol. The van der Waals surface area contributed by atoms with Gasteiger partial charge in [-0.05, 0) is 35.4 Å². The molecule has 0 spiro atoms. The van der Waals surface area contributed by atoms with Crippen LogP contribution in [0.15, 0.2) is 48.5 Å². The van der Waals surface area contributed by atoms with E-state index in [9.17, 15) is 14.4 Å². The number of amides is 3. The van der Waals surface area contributed by atoms with Crippen molar-refractivity contribution in [2.45, 2.75) is 6.04 Å².